The highest BCUT2D eigenvalue weighted by molar-refractivity contribution is 8.01. The fourth-order valence-corrected chi connectivity index (χ4v) is 3.63. The van der Waals surface area contributed by atoms with E-state index in [1.165, 1.54) is 11.8 Å². The minimum absolute atomic E-state index is 0.151. The summed E-state index contributed by atoms with van der Waals surface area (Å²) in [6.07, 6.45) is 0.669. The molecule has 0 radical (unpaired) electrons. The summed E-state index contributed by atoms with van der Waals surface area (Å²) in [7, 11) is 0. The van der Waals surface area contributed by atoms with E-state index in [0.29, 0.717) is 12.2 Å². The average Bonchev–Trinajstić information content (AvgIpc) is 3.02. The molecule has 1 atom stereocenters. The fraction of sp³-hybridized carbons (Fsp3) is 0.222. The molecule has 0 spiro atoms. The number of amides is 2. The molecule has 2 aromatic rings. The second kappa shape index (κ2) is 7.40. The molecule has 0 aromatic heterocycles. The van der Waals surface area contributed by atoms with Gasteiger partial charge in [-0.15, -0.1) is 11.8 Å². The molecule has 2 amide bonds. The van der Waals surface area contributed by atoms with Crippen molar-refractivity contribution in [2.75, 3.05) is 6.61 Å². The van der Waals surface area contributed by atoms with E-state index in [-0.39, 0.29) is 17.8 Å². The summed E-state index contributed by atoms with van der Waals surface area (Å²) >= 11 is 1.51. The molecule has 0 bridgehead atoms. The van der Waals surface area contributed by atoms with Crippen LogP contribution in [0.2, 0.25) is 0 Å². The Kier molecular flexibility index (Phi) is 5.05. The van der Waals surface area contributed by atoms with Crippen LogP contribution in [0, 0.1) is 6.92 Å². The number of rotatable bonds is 4. The van der Waals surface area contributed by atoms with Crippen molar-refractivity contribution in [2.45, 2.75) is 23.5 Å². The van der Waals surface area contributed by atoms with Gasteiger partial charge in [0.15, 0.2) is 6.61 Å². The molecule has 0 saturated carbocycles. The fourth-order valence-electron chi connectivity index (χ4n) is 2.43. The summed E-state index contributed by atoms with van der Waals surface area (Å²) in [6.45, 7) is 1.80. The van der Waals surface area contributed by atoms with Crippen molar-refractivity contribution in [3.63, 3.8) is 0 Å². The van der Waals surface area contributed by atoms with Crippen LogP contribution in [0.1, 0.15) is 11.1 Å². The van der Waals surface area contributed by atoms with Crippen molar-refractivity contribution >= 4 is 23.6 Å². The Morgan fingerprint density at radius 3 is 2.79 bits per heavy atom. The number of fused-ring (bicyclic) bond motifs is 1. The number of nitrogens with one attached hydrogen (secondary N) is 2. The van der Waals surface area contributed by atoms with E-state index in [2.05, 4.69) is 10.9 Å². The zero-order valence-electron chi connectivity index (χ0n) is 13.2. The Labute approximate surface area is 144 Å². The van der Waals surface area contributed by atoms with Gasteiger partial charge < -0.3 is 4.74 Å². The monoisotopic (exact) mass is 342 g/mol. The van der Waals surface area contributed by atoms with Gasteiger partial charge in [0, 0.05) is 4.90 Å². The number of hydrogen-bond donors (Lipinski definition) is 2. The van der Waals surface area contributed by atoms with Crippen molar-refractivity contribution in [3.8, 4) is 5.75 Å². The van der Waals surface area contributed by atoms with Gasteiger partial charge in [0.1, 0.15) is 5.75 Å². The van der Waals surface area contributed by atoms with Crippen molar-refractivity contribution in [2.24, 2.45) is 0 Å². The number of carbonyl (C=O) groups excluding carboxylic acids is 2. The average molecular weight is 342 g/mol. The molecule has 3 rings (SSSR count). The van der Waals surface area contributed by atoms with Gasteiger partial charge in [-0.1, -0.05) is 30.3 Å². The van der Waals surface area contributed by atoms with E-state index >= 15 is 0 Å². The third kappa shape index (κ3) is 4.08. The lowest BCUT2D eigenvalue weighted by atomic mass is 10.1. The summed E-state index contributed by atoms with van der Waals surface area (Å²) < 4.78 is 5.39. The van der Waals surface area contributed by atoms with Gasteiger partial charge in [-0.2, -0.15) is 0 Å². The van der Waals surface area contributed by atoms with Gasteiger partial charge in [-0.3, -0.25) is 20.4 Å². The van der Waals surface area contributed by atoms with Crippen molar-refractivity contribution in [1.29, 1.82) is 0 Å². The largest absolute Gasteiger partial charge is 0.484 e. The number of ether oxygens (including phenoxy) is 1. The Balaban J connectivity index is 1.43. The third-order valence-electron chi connectivity index (χ3n) is 3.62. The summed E-state index contributed by atoms with van der Waals surface area (Å²) in [5, 5.41) is -0.222. The van der Waals surface area contributed by atoms with Crippen LogP contribution >= 0.6 is 11.8 Å². The first kappa shape index (κ1) is 16.4. The van der Waals surface area contributed by atoms with Crippen LogP contribution in [0.3, 0.4) is 0 Å². The maximum Gasteiger partial charge on any atom is 0.276 e. The van der Waals surface area contributed by atoms with E-state index in [9.17, 15) is 9.59 Å². The zero-order chi connectivity index (χ0) is 16.9. The minimum Gasteiger partial charge on any atom is -0.484 e. The molecule has 1 unspecified atom stereocenters. The van der Waals surface area contributed by atoms with Gasteiger partial charge in [0.25, 0.3) is 11.8 Å². The van der Waals surface area contributed by atoms with Gasteiger partial charge in [-0.25, -0.2) is 0 Å². The molecule has 1 aliphatic rings. The van der Waals surface area contributed by atoms with Crippen LogP contribution in [0.5, 0.6) is 5.75 Å². The van der Waals surface area contributed by atoms with Gasteiger partial charge in [0.2, 0.25) is 0 Å². The first-order valence-corrected chi connectivity index (χ1v) is 8.52. The molecule has 1 aliphatic heterocycles. The Hall–Kier alpha value is -2.47. The highest BCUT2D eigenvalue weighted by Crippen LogP contribution is 2.36. The van der Waals surface area contributed by atoms with Crippen LogP contribution in [0.15, 0.2) is 53.4 Å². The lowest BCUT2D eigenvalue weighted by Gasteiger charge is -2.11. The molecule has 1 heterocycles. The van der Waals surface area contributed by atoms with Crippen molar-refractivity contribution < 1.29 is 14.3 Å². The molecule has 24 heavy (non-hydrogen) atoms. The highest BCUT2D eigenvalue weighted by atomic mass is 32.2. The van der Waals surface area contributed by atoms with Crippen LogP contribution in [-0.4, -0.2) is 23.7 Å². The van der Waals surface area contributed by atoms with E-state index < -0.39 is 5.91 Å². The second-order valence-corrected chi connectivity index (χ2v) is 6.81. The number of hydrazine groups is 1. The summed E-state index contributed by atoms with van der Waals surface area (Å²) in [4.78, 5) is 25.0. The van der Waals surface area contributed by atoms with Gasteiger partial charge >= 0.3 is 0 Å². The van der Waals surface area contributed by atoms with E-state index in [1.54, 1.807) is 6.07 Å². The quantitative estimate of drug-likeness (QED) is 0.836. The highest BCUT2D eigenvalue weighted by Gasteiger charge is 2.28. The number of carbonyl (C=O) groups is 2. The SMILES string of the molecule is Cc1cccc(OCC(=O)NNC(=O)C2Cc3ccccc3S2)c1. The number of aryl methyl sites for hydroxylation is 1. The number of thioether (sulfide) groups is 1. The smallest absolute Gasteiger partial charge is 0.276 e. The molecule has 6 heteroatoms. The molecular weight excluding hydrogens is 324 g/mol. The maximum atomic E-state index is 12.1. The summed E-state index contributed by atoms with van der Waals surface area (Å²) in [5.74, 6) is 0.0174. The normalized spacial score (nSPS) is 15.5. The molecule has 5 nitrogen and oxygen atoms in total. The van der Waals surface area contributed by atoms with Gasteiger partial charge in [0.05, 0.1) is 5.25 Å². The molecule has 0 aliphatic carbocycles. The topological polar surface area (TPSA) is 67.4 Å². The first-order valence-electron chi connectivity index (χ1n) is 7.64. The van der Waals surface area contributed by atoms with E-state index in [1.807, 2.05) is 49.4 Å². The van der Waals surface area contributed by atoms with Crippen LogP contribution < -0.4 is 15.6 Å². The van der Waals surface area contributed by atoms with Crippen LogP contribution in [0.25, 0.3) is 0 Å². The third-order valence-corrected chi connectivity index (χ3v) is 4.94. The standard InChI is InChI=1S/C18H18N2O3S/c1-12-5-4-7-14(9-12)23-11-17(21)19-20-18(22)16-10-13-6-2-3-8-15(13)24-16/h2-9,16H,10-11H2,1H3,(H,19,21)(H,20,22). The first-order chi connectivity index (χ1) is 11.6. The van der Waals surface area contributed by atoms with E-state index in [0.717, 1.165) is 16.0 Å². The second-order valence-electron chi connectivity index (χ2n) is 5.56. The number of hydrogen-bond acceptors (Lipinski definition) is 4. The molecular formula is C18H18N2O3S. The Bertz CT molecular complexity index is 738. The lowest BCUT2D eigenvalue weighted by molar-refractivity contribution is -0.129. The summed E-state index contributed by atoms with van der Waals surface area (Å²) in [5.41, 5.74) is 7.08. The predicted molar refractivity (Wildman–Crippen MR) is 92.8 cm³/mol. The number of benzene rings is 2. The summed E-state index contributed by atoms with van der Waals surface area (Å²) in [6, 6.07) is 15.4. The molecule has 0 fully saturated rings. The maximum absolute atomic E-state index is 12.1. The van der Waals surface area contributed by atoms with Crippen LogP contribution in [-0.2, 0) is 16.0 Å². The van der Waals surface area contributed by atoms with E-state index in [4.69, 9.17) is 4.74 Å². The lowest BCUT2D eigenvalue weighted by Crippen LogP contribution is -2.47. The van der Waals surface area contributed by atoms with Gasteiger partial charge in [-0.05, 0) is 42.7 Å². The zero-order valence-corrected chi connectivity index (χ0v) is 14.1. The van der Waals surface area contributed by atoms with Crippen LogP contribution in [0.4, 0.5) is 0 Å². The minimum atomic E-state index is -0.398. The molecule has 2 aromatic carbocycles. The molecule has 2 N–H and O–H groups in total. The Morgan fingerprint density at radius 2 is 2.00 bits per heavy atom. The molecule has 0 saturated heterocycles. The van der Waals surface area contributed by atoms with Crippen molar-refractivity contribution in [1.82, 2.24) is 10.9 Å². The molecule has 124 valence electrons. The Morgan fingerprint density at radius 1 is 1.17 bits per heavy atom. The predicted octanol–water partition coefficient (Wildman–Crippen LogP) is 2.24. The van der Waals surface area contributed by atoms with Crippen molar-refractivity contribution in [3.05, 3.63) is 59.7 Å².